The van der Waals surface area contributed by atoms with Crippen molar-refractivity contribution in [3.63, 3.8) is 0 Å². The Bertz CT molecular complexity index is 787. The molecule has 2 saturated carbocycles. The van der Waals surface area contributed by atoms with Gasteiger partial charge >= 0.3 is 0 Å². The van der Waals surface area contributed by atoms with E-state index in [0.717, 1.165) is 36.8 Å². The second-order valence-corrected chi connectivity index (χ2v) is 10.7. The summed E-state index contributed by atoms with van der Waals surface area (Å²) in [4.78, 5) is 0. The number of fused-ring (bicyclic) bond motifs is 1. The number of rotatable bonds is 7. The smallest absolute Gasteiger partial charge is 0.275 e. The van der Waals surface area contributed by atoms with Crippen LogP contribution in [0.15, 0.2) is 47.1 Å². The highest BCUT2D eigenvalue weighted by Gasteiger charge is 2.45. The lowest BCUT2D eigenvalue weighted by Crippen LogP contribution is -2.42. The second kappa shape index (κ2) is 9.90. The topological polar surface area (TPSA) is 60.7 Å². The van der Waals surface area contributed by atoms with Gasteiger partial charge in [0.05, 0.1) is 12.7 Å². The van der Waals surface area contributed by atoms with Crippen LogP contribution in [0.25, 0.3) is 0 Å². The van der Waals surface area contributed by atoms with Gasteiger partial charge in [0, 0.05) is 12.3 Å². The predicted molar refractivity (Wildman–Crippen MR) is 124 cm³/mol. The molecule has 32 heavy (non-hydrogen) atoms. The molecule has 0 spiro atoms. The summed E-state index contributed by atoms with van der Waals surface area (Å²) < 4.78 is 28.5. The van der Waals surface area contributed by atoms with Gasteiger partial charge in [0.15, 0.2) is 0 Å². The van der Waals surface area contributed by atoms with Crippen LogP contribution in [0.1, 0.15) is 72.1 Å². The number of halogens is 2. The van der Waals surface area contributed by atoms with E-state index in [9.17, 15) is 24.1 Å². The molecule has 3 rings (SSSR count). The van der Waals surface area contributed by atoms with E-state index < -0.39 is 17.6 Å². The van der Waals surface area contributed by atoms with Gasteiger partial charge in [-0.05, 0) is 87.7 Å². The lowest BCUT2D eigenvalue weighted by Gasteiger charge is -2.34. The number of allylic oxidation sites excluding steroid dienone is 5. The molecule has 2 fully saturated rings. The van der Waals surface area contributed by atoms with Gasteiger partial charge in [0.2, 0.25) is 0 Å². The maximum Gasteiger partial charge on any atom is 0.275 e. The van der Waals surface area contributed by atoms with Crippen LogP contribution in [-0.4, -0.2) is 39.6 Å². The third-order valence-corrected chi connectivity index (χ3v) is 7.97. The van der Waals surface area contributed by atoms with Crippen LogP contribution in [-0.2, 0) is 0 Å². The lowest BCUT2D eigenvalue weighted by molar-refractivity contribution is -0.166. The first kappa shape index (κ1) is 25.3. The Balaban J connectivity index is 1.68. The van der Waals surface area contributed by atoms with Crippen LogP contribution in [0.4, 0.5) is 8.78 Å². The fourth-order valence-electron chi connectivity index (χ4n) is 5.71. The van der Waals surface area contributed by atoms with Crippen molar-refractivity contribution >= 4 is 0 Å². The van der Waals surface area contributed by atoms with Crippen molar-refractivity contribution in [3.8, 4) is 0 Å². The van der Waals surface area contributed by atoms with Crippen molar-refractivity contribution in [2.45, 2.75) is 89.8 Å². The van der Waals surface area contributed by atoms with Gasteiger partial charge in [-0.2, -0.15) is 0 Å². The van der Waals surface area contributed by atoms with Crippen LogP contribution in [0.5, 0.6) is 0 Å². The molecular formula is C27H40F2O3. The van der Waals surface area contributed by atoms with Crippen molar-refractivity contribution in [1.82, 2.24) is 0 Å². The molecule has 3 aliphatic carbocycles. The number of hydrogen-bond donors (Lipinski definition) is 3. The monoisotopic (exact) mass is 450 g/mol. The maximum absolute atomic E-state index is 14.2. The van der Waals surface area contributed by atoms with Gasteiger partial charge in [-0.25, -0.2) is 8.78 Å². The SMILES string of the molecule is C=C1/C(=C\C=C2/CCCC3C(C(C)CCC(F)(F)C(C)(C)O)=CCC23)CC(O)CC1CO. The number of alkyl halides is 2. The van der Waals surface area contributed by atoms with E-state index in [1.165, 1.54) is 25.0 Å². The Hall–Kier alpha value is -1.30. The molecule has 0 aliphatic heterocycles. The summed E-state index contributed by atoms with van der Waals surface area (Å²) in [5.41, 5.74) is 2.64. The molecule has 0 aromatic rings. The molecule has 0 saturated heterocycles. The van der Waals surface area contributed by atoms with Crippen LogP contribution in [0, 0.1) is 23.7 Å². The molecule has 0 aromatic carbocycles. The molecule has 5 atom stereocenters. The molecule has 3 aliphatic rings. The molecular weight excluding hydrogens is 410 g/mol. The molecule has 5 unspecified atom stereocenters. The summed E-state index contributed by atoms with van der Waals surface area (Å²) in [5, 5.41) is 29.5. The zero-order valence-corrected chi connectivity index (χ0v) is 19.8. The fourth-order valence-corrected chi connectivity index (χ4v) is 5.71. The Morgan fingerprint density at radius 1 is 1.25 bits per heavy atom. The van der Waals surface area contributed by atoms with E-state index in [2.05, 4.69) is 24.8 Å². The van der Waals surface area contributed by atoms with Crippen LogP contribution in [0.2, 0.25) is 0 Å². The van der Waals surface area contributed by atoms with Crippen molar-refractivity contribution < 1.29 is 24.1 Å². The van der Waals surface area contributed by atoms with E-state index in [0.29, 0.717) is 31.1 Å². The Morgan fingerprint density at radius 3 is 2.62 bits per heavy atom. The highest BCUT2D eigenvalue weighted by molar-refractivity contribution is 5.38. The number of hydrogen-bond acceptors (Lipinski definition) is 3. The second-order valence-electron chi connectivity index (χ2n) is 10.7. The van der Waals surface area contributed by atoms with E-state index in [-0.39, 0.29) is 24.9 Å². The third kappa shape index (κ3) is 5.43. The minimum absolute atomic E-state index is 0.00613. The first-order chi connectivity index (χ1) is 14.9. The minimum Gasteiger partial charge on any atom is -0.396 e. The Morgan fingerprint density at radius 2 is 1.97 bits per heavy atom. The molecule has 0 aromatic heterocycles. The van der Waals surface area contributed by atoms with E-state index >= 15 is 0 Å². The van der Waals surface area contributed by atoms with E-state index in [4.69, 9.17) is 0 Å². The van der Waals surface area contributed by atoms with Crippen LogP contribution >= 0.6 is 0 Å². The lowest BCUT2D eigenvalue weighted by atomic mass is 9.72. The maximum atomic E-state index is 14.2. The third-order valence-electron chi connectivity index (χ3n) is 7.97. The average Bonchev–Trinajstić information content (AvgIpc) is 3.16. The van der Waals surface area contributed by atoms with Gasteiger partial charge in [0.1, 0.15) is 5.60 Å². The molecule has 0 bridgehead atoms. The van der Waals surface area contributed by atoms with Crippen LogP contribution < -0.4 is 0 Å². The van der Waals surface area contributed by atoms with Gasteiger partial charge in [-0.15, -0.1) is 0 Å². The van der Waals surface area contributed by atoms with Crippen molar-refractivity contribution in [1.29, 1.82) is 0 Å². The quantitative estimate of drug-likeness (QED) is 0.434. The van der Waals surface area contributed by atoms with Crippen LogP contribution in [0.3, 0.4) is 0 Å². The summed E-state index contributed by atoms with van der Waals surface area (Å²) in [6.07, 6.45) is 11.5. The van der Waals surface area contributed by atoms with Gasteiger partial charge < -0.3 is 15.3 Å². The molecule has 3 N–H and O–H groups in total. The Labute approximate surface area is 191 Å². The molecule has 180 valence electrons. The summed E-state index contributed by atoms with van der Waals surface area (Å²) >= 11 is 0. The average molecular weight is 451 g/mol. The molecule has 3 nitrogen and oxygen atoms in total. The first-order valence-electron chi connectivity index (χ1n) is 12.1. The number of aliphatic hydroxyl groups excluding tert-OH is 2. The first-order valence-corrected chi connectivity index (χ1v) is 12.1. The van der Waals surface area contributed by atoms with E-state index in [1.54, 1.807) is 0 Å². The van der Waals surface area contributed by atoms with E-state index in [1.807, 2.05) is 6.92 Å². The van der Waals surface area contributed by atoms with Gasteiger partial charge in [-0.3, -0.25) is 0 Å². The van der Waals surface area contributed by atoms with Crippen molar-refractivity contribution in [3.05, 3.63) is 47.1 Å². The molecule has 5 heteroatoms. The molecule has 0 heterocycles. The predicted octanol–water partition coefficient (Wildman–Crippen LogP) is 5.73. The fraction of sp³-hybridized carbons (Fsp3) is 0.704. The summed E-state index contributed by atoms with van der Waals surface area (Å²) in [6.45, 7) is 8.55. The molecule has 0 amide bonds. The Kier molecular flexibility index (Phi) is 7.84. The highest BCUT2D eigenvalue weighted by Crippen LogP contribution is 2.49. The van der Waals surface area contributed by atoms with Crippen molar-refractivity contribution in [2.75, 3.05) is 6.61 Å². The summed E-state index contributed by atoms with van der Waals surface area (Å²) in [7, 11) is 0. The van der Waals surface area contributed by atoms with Crippen molar-refractivity contribution in [2.24, 2.45) is 23.7 Å². The normalized spacial score (nSPS) is 32.9. The number of aliphatic hydroxyl groups is 3. The standard InChI is InChI=1S/C27H40F2O3/c1-17(12-13-27(28,29)26(3,4)32)23-10-11-24-19(6-5-7-25(23)24)8-9-20-14-22(31)15-21(16-30)18(20)2/h8-10,17,21-22,24-25,30-32H,2,5-7,11-16H2,1,3-4H3/b19-8+,20-9-. The zero-order chi connectivity index (χ0) is 23.7. The summed E-state index contributed by atoms with van der Waals surface area (Å²) in [6, 6.07) is 0. The molecule has 0 radical (unpaired) electrons. The van der Waals surface area contributed by atoms with Gasteiger partial charge in [0.25, 0.3) is 5.92 Å². The van der Waals surface area contributed by atoms with Gasteiger partial charge in [-0.1, -0.05) is 42.9 Å². The largest absolute Gasteiger partial charge is 0.396 e. The highest BCUT2D eigenvalue weighted by atomic mass is 19.3. The zero-order valence-electron chi connectivity index (χ0n) is 19.8. The summed E-state index contributed by atoms with van der Waals surface area (Å²) in [5.74, 6) is -2.27. The minimum atomic E-state index is -3.09.